The first-order chi connectivity index (χ1) is 9.85. The number of nitriles is 1. The lowest BCUT2D eigenvalue weighted by molar-refractivity contribution is 0.0565. The highest BCUT2D eigenvalue weighted by Crippen LogP contribution is 2.29. The van der Waals surface area contributed by atoms with E-state index in [-0.39, 0.29) is 0 Å². The van der Waals surface area contributed by atoms with Crippen LogP contribution in [0.3, 0.4) is 0 Å². The number of nitrogens with zero attached hydrogens (tertiary/aromatic N) is 2. The summed E-state index contributed by atoms with van der Waals surface area (Å²) in [5.74, 6) is 1.53. The zero-order valence-electron chi connectivity index (χ0n) is 11.9. The van der Waals surface area contributed by atoms with Crippen molar-refractivity contribution >= 4 is 0 Å². The van der Waals surface area contributed by atoms with Crippen LogP contribution in [0.25, 0.3) is 0 Å². The van der Waals surface area contributed by atoms with Crippen LogP contribution in [0.2, 0.25) is 0 Å². The molecule has 0 saturated carbocycles. The first-order valence-corrected chi connectivity index (χ1v) is 7.72. The standard InChI is InChI=1S/C17H22N2O/c18-11-14-5-8-17(9-6-14)20-13-15-4-7-16-3-1-2-10-19(16)12-15/h5-6,8-9,15-16H,1-4,7,10,12-13H2/t15-,16-/m0/s1. The largest absolute Gasteiger partial charge is 0.493 e. The van der Waals surface area contributed by atoms with Gasteiger partial charge in [-0.05, 0) is 56.5 Å². The topological polar surface area (TPSA) is 36.3 Å². The van der Waals surface area contributed by atoms with E-state index in [2.05, 4.69) is 11.0 Å². The SMILES string of the molecule is N#Cc1ccc(OC[C@H]2CC[C@@H]3CCCCN3C2)cc1. The molecule has 106 valence electrons. The van der Waals surface area contributed by atoms with Crippen molar-refractivity contribution in [3.63, 3.8) is 0 Å². The van der Waals surface area contributed by atoms with Gasteiger partial charge in [-0.1, -0.05) is 6.42 Å². The molecule has 0 N–H and O–H groups in total. The summed E-state index contributed by atoms with van der Waals surface area (Å²) in [5.41, 5.74) is 0.686. The molecule has 0 unspecified atom stereocenters. The molecule has 1 aromatic carbocycles. The van der Waals surface area contributed by atoms with E-state index >= 15 is 0 Å². The van der Waals surface area contributed by atoms with E-state index in [1.807, 2.05) is 24.3 Å². The summed E-state index contributed by atoms with van der Waals surface area (Å²) < 4.78 is 5.89. The fourth-order valence-electron chi connectivity index (χ4n) is 3.45. The minimum absolute atomic E-state index is 0.653. The van der Waals surface area contributed by atoms with E-state index in [1.54, 1.807) is 0 Å². The van der Waals surface area contributed by atoms with Crippen LogP contribution in [0.4, 0.5) is 0 Å². The van der Waals surface area contributed by atoms with E-state index < -0.39 is 0 Å². The van der Waals surface area contributed by atoms with Gasteiger partial charge in [-0.2, -0.15) is 5.26 Å². The van der Waals surface area contributed by atoms with Gasteiger partial charge in [-0.15, -0.1) is 0 Å². The van der Waals surface area contributed by atoms with Crippen molar-refractivity contribution in [2.24, 2.45) is 5.92 Å². The summed E-state index contributed by atoms with van der Waals surface area (Å²) in [6.07, 6.45) is 6.79. The molecule has 1 aromatic rings. The van der Waals surface area contributed by atoms with Crippen LogP contribution in [-0.4, -0.2) is 30.6 Å². The summed E-state index contributed by atoms with van der Waals surface area (Å²) in [6.45, 7) is 3.27. The van der Waals surface area contributed by atoms with Crippen molar-refractivity contribution in [3.05, 3.63) is 29.8 Å². The molecule has 3 nitrogen and oxygen atoms in total. The lowest BCUT2D eigenvalue weighted by atomic mass is 9.88. The van der Waals surface area contributed by atoms with E-state index in [0.29, 0.717) is 11.5 Å². The highest BCUT2D eigenvalue weighted by Gasteiger charge is 2.30. The second-order valence-corrected chi connectivity index (χ2v) is 6.04. The van der Waals surface area contributed by atoms with Gasteiger partial charge in [-0.25, -0.2) is 0 Å². The molecule has 3 rings (SSSR count). The molecule has 2 aliphatic rings. The molecule has 0 amide bonds. The summed E-state index contributed by atoms with van der Waals surface area (Å²) in [6, 6.07) is 10.4. The third kappa shape index (κ3) is 3.13. The Morgan fingerprint density at radius 2 is 2.00 bits per heavy atom. The zero-order valence-corrected chi connectivity index (χ0v) is 11.9. The lowest BCUT2D eigenvalue weighted by Gasteiger charge is -2.42. The fraction of sp³-hybridized carbons (Fsp3) is 0.588. The van der Waals surface area contributed by atoms with E-state index in [9.17, 15) is 0 Å². The lowest BCUT2D eigenvalue weighted by Crippen LogP contribution is -2.47. The Kier molecular flexibility index (Phi) is 4.22. The van der Waals surface area contributed by atoms with Crippen molar-refractivity contribution in [2.75, 3.05) is 19.7 Å². The van der Waals surface area contributed by atoms with Crippen molar-refractivity contribution < 1.29 is 4.74 Å². The molecule has 2 atom stereocenters. The van der Waals surface area contributed by atoms with Crippen molar-refractivity contribution in [1.29, 1.82) is 5.26 Å². The first-order valence-electron chi connectivity index (χ1n) is 7.72. The second kappa shape index (κ2) is 6.28. The van der Waals surface area contributed by atoms with Gasteiger partial charge in [-0.3, -0.25) is 4.90 Å². The van der Waals surface area contributed by atoms with Crippen LogP contribution in [0, 0.1) is 17.2 Å². The van der Waals surface area contributed by atoms with Crippen LogP contribution in [0.5, 0.6) is 5.75 Å². The quantitative estimate of drug-likeness (QED) is 0.846. The van der Waals surface area contributed by atoms with E-state index in [4.69, 9.17) is 10.00 Å². The predicted octanol–water partition coefficient (Wildman–Crippen LogP) is 3.20. The Morgan fingerprint density at radius 3 is 2.80 bits per heavy atom. The Hall–Kier alpha value is -1.53. The van der Waals surface area contributed by atoms with Gasteiger partial charge in [0, 0.05) is 18.5 Å². The monoisotopic (exact) mass is 270 g/mol. The molecule has 2 fully saturated rings. The van der Waals surface area contributed by atoms with Crippen molar-refractivity contribution in [2.45, 2.75) is 38.1 Å². The van der Waals surface area contributed by atoms with Gasteiger partial charge in [0.2, 0.25) is 0 Å². The Balaban J connectivity index is 1.49. The van der Waals surface area contributed by atoms with E-state index in [0.717, 1.165) is 18.4 Å². The van der Waals surface area contributed by atoms with Crippen LogP contribution in [-0.2, 0) is 0 Å². The first kappa shape index (κ1) is 13.5. The fourth-order valence-corrected chi connectivity index (χ4v) is 3.45. The highest BCUT2D eigenvalue weighted by molar-refractivity contribution is 5.34. The number of benzene rings is 1. The van der Waals surface area contributed by atoms with Gasteiger partial charge in [0.15, 0.2) is 0 Å². The number of fused-ring (bicyclic) bond motifs is 1. The van der Waals surface area contributed by atoms with Crippen molar-refractivity contribution in [3.8, 4) is 11.8 Å². The molecule has 0 aliphatic carbocycles. The van der Waals surface area contributed by atoms with E-state index in [1.165, 1.54) is 45.2 Å². The average molecular weight is 270 g/mol. The van der Waals surface area contributed by atoms with Gasteiger partial charge >= 0.3 is 0 Å². The molecular weight excluding hydrogens is 248 g/mol. The molecule has 20 heavy (non-hydrogen) atoms. The summed E-state index contributed by atoms with van der Waals surface area (Å²) in [4.78, 5) is 2.67. The maximum Gasteiger partial charge on any atom is 0.119 e. The number of rotatable bonds is 3. The number of piperidine rings is 2. The molecule has 2 saturated heterocycles. The Labute approximate surface area is 121 Å². The summed E-state index contributed by atoms with van der Waals surface area (Å²) >= 11 is 0. The zero-order chi connectivity index (χ0) is 13.8. The van der Waals surface area contributed by atoms with Gasteiger partial charge in [0.25, 0.3) is 0 Å². The molecular formula is C17H22N2O. The maximum atomic E-state index is 8.78. The van der Waals surface area contributed by atoms with Crippen molar-refractivity contribution in [1.82, 2.24) is 4.90 Å². The smallest absolute Gasteiger partial charge is 0.119 e. The molecule has 0 bridgehead atoms. The van der Waals surface area contributed by atoms with Crippen LogP contribution < -0.4 is 4.74 Å². The van der Waals surface area contributed by atoms with Crippen LogP contribution in [0.15, 0.2) is 24.3 Å². The van der Waals surface area contributed by atoms with Gasteiger partial charge in [0.1, 0.15) is 5.75 Å². The van der Waals surface area contributed by atoms with Crippen LogP contribution in [0.1, 0.15) is 37.7 Å². The molecule has 0 aromatic heterocycles. The second-order valence-electron chi connectivity index (χ2n) is 6.04. The maximum absolute atomic E-state index is 8.78. The number of hydrogen-bond acceptors (Lipinski definition) is 3. The third-order valence-corrected chi connectivity index (χ3v) is 4.62. The summed E-state index contributed by atoms with van der Waals surface area (Å²) in [7, 11) is 0. The molecule has 0 radical (unpaired) electrons. The molecule has 2 heterocycles. The van der Waals surface area contributed by atoms with Crippen LogP contribution >= 0.6 is 0 Å². The predicted molar refractivity (Wildman–Crippen MR) is 78.6 cm³/mol. The minimum Gasteiger partial charge on any atom is -0.493 e. The third-order valence-electron chi connectivity index (χ3n) is 4.62. The molecule has 3 heteroatoms. The van der Waals surface area contributed by atoms with Gasteiger partial charge < -0.3 is 4.74 Å². The molecule has 0 spiro atoms. The molecule has 2 aliphatic heterocycles. The Morgan fingerprint density at radius 1 is 1.15 bits per heavy atom. The summed E-state index contributed by atoms with van der Waals surface area (Å²) in [5, 5.41) is 8.78. The van der Waals surface area contributed by atoms with Gasteiger partial charge in [0.05, 0.1) is 18.2 Å². The number of hydrogen-bond donors (Lipinski definition) is 0. The highest BCUT2D eigenvalue weighted by atomic mass is 16.5. The normalized spacial score (nSPS) is 26.6. The average Bonchev–Trinajstić information content (AvgIpc) is 2.53. The number of ether oxygens (including phenoxy) is 1. The minimum atomic E-state index is 0.653. The Bertz CT molecular complexity index is 477.